The molecule has 0 aromatic carbocycles. The van der Waals surface area contributed by atoms with Crippen LogP contribution in [-0.4, -0.2) is 36.5 Å². The third-order valence-electron chi connectivity index (χ3n) is 3.27. The summed E-state index contributed by atoms with van der Waals surface area (Å²) in [5.74, 6) is 0.679. The van der Waals surface area contributed by atoms with Crippen LogP contribution in [0, 0.1) is 5.92 Å². The zero-order valence-corrected chi connectivity index (χ0v) is 8.25. The van der Waals surface area contributed by atoms with Gasteiger partial charge in [0, 0.05) is 18.2 Å². The third kappa shape index (κ3) is 2.03. The quantitative estimate of drug-likeness (QED) is 0.671. The van der Waals surface area contributed by atoms with Crippen molar-refractivity contribution in [2.24, 2.45) is 5.92 Å². The van der Waals surface area contributed by atoms with Crippen LogP contribution in [0.2, 0.25) is 0 Å². The van der Waals surface area contributed by atoms with Crippen LogP contribution in [0.4, 0.5) is 0 Å². The fourth-order valence-corrected chi connectivity index (χ4v) is 2.13. The molecule has 2 N–H and O–H groups in total. The Hall–Kier alpha value is -0.120. The molecule has 1 heterocycles. The van der Waals surface area contributed by atoms with Crippen LogP contribution < -0.4 is 5.32 Å². The SMILES string of the molecule is CC(CO)(NC1CCOC1)C1CC1. The van der Waals surface area contributed by atoms with E-state index in [1.54, 1.807) is 0 Å². The lowest BCUT2D eigenvalue weighted by Gasteiger charge is -2.31. The van der Waals surface area contributed by atoms with Crippen molar-refractivity contribution in [3.8, 4) is 0 Å². The molecular formula is C10H19NO2. The molecule has 0 aromatic rings. The molecule has 0 spiro atoms. The molecule has 0 amide bonds. The van der Waals surface area contributed by atoms with Crippen molar-refractivity contribution in [3.05, 3.63) is 0 Å². The molecule has 0 aromatic heterocycles. The van der Waals surface area contributed by atoms with E-state index in [0.717, 1.165) is 19.6 Å². The van der Waals surface area contributed by atoms with E-state index < -0.39 is 0 Å². The van der Waals surface area contributed by atoms with Crippen LogP contribution in [0.15, 0.2) is 0 Å². The van der Waals surface area contributed by atoms with Crippen LogP contribution in [0.3, 0.4) is 0 Å². The van der Waals surface area contributed by atoms with E-state index in [1.165, 1.54) is 12.8 Å². The van der Waals surface area contributed by atoms with Crippen molar-refractivity contribution in [3.63, 3.8) is 0 Å². The standard InChI is InChI=1S/C10H19NO2/c1-10(7-12,8-2-3-8)11-9-4-5-13-6-9/h8-9,11-12H,2-7H2,1H3. The predicted octanol–water partition coefficient (Wildman–Crippen LogP) is 0.526. The first-order valence-electron chi connectivity index (χ1n) is 5.21. The average Bonchev–Trinajstić information content (AvgIpc) is 2.88. The van der Waals surface area contributed by atoms with Gasteiger partial charge in [-0.3, -0.25) is 0 Å². The molecular weight excluding hydrogens is 166 g/mol. The van der Waals surface area contributed by atoms with E-state index in [1.807, 2.05) is 0 Å². The smallest absolute Gasteiger partial charge is 0.0620 e. The molecule has 2 unspecified atom stereocenters. The van der Waals surface area contributed by atoms with Gasteiger partial charge in [-0.25, -0.2) is 0 Å². The highest BCUT2D eigenvalue weighted by Crippen LogP contribution is 2.39. The molecule has 3 nitrogen and oxygen atoms in total. The molecule has 76 valence electrons. The molecule has 1 aliphatic heterocycles. The Morgan fingerprint density at radius 2 is 2.23 bits per heavy atom. The molecule has 0 bridgehead atoms. The lowest BCUT2D eigenvalue weighted by atomic mass is 9.95. The highest BCUT2D eigenvalue weighted by atomic mass is 16.5. The summed E-state index contributed by atoms with van der Waals surface area (Å²) in [6, 6.07) is 0.456. The van der Waals surface area contributed by atoms with Gasteiger partial charge in [-0.1, -0.05) is 0 Å². The number of aliphatic hydroxyl groups excluding tert-OH is 1. The van der Waals surface area contributed by atoms with E-state index in [-0.39, 0.29) is 12.1 Å². The molecule has 2 aliphatic rings. The van der Waals surface area contributed by atoms with E-state index in [2.05, 4.69) is 12.2 Å². The zero-order chi connectivity index (χ0) is 9.31. The second kappa shape index (κ2) is 3.56. The summed E-state index contributed by atoms with van der Waals surface area (Å²) >= 11 is 0. The number of aliphatic hydroxyl groups is 1. The van der Waals surface area contributed by atoms with Gasteiger partial charge in [0.2, 0.25) is 0 Å². The second-order valence-electron chi connectivity index (χ2n) is 4.55. The van der Waals surface area contributed by atoms with Gasteiger partial charge < -0.3 is 15.2 Å². The first kappa shape index (κ1) is 9.44. The minimum Gasteiger partial charge on any atom is -0.394 e. The Balaban J connectivity index is 1.88. The Morgan fingerprint density at radius 1 is 1.46 bits per heavy atom. The molecule has 3 heteroatoms. The van der Waals surface area contributed by atoms with E-state index in [0.29, 0.717) is 12.0 Å². The summed E-state index contributed by atoms with van der Waals surface area (Å²) in [6.07, 6.45) is 3.61. The molecule has 1 saturated carbocycles. The van der Waals surface area contributed by atoms with Crippen molar-refractivity contribution in [2.45, 2.75) is 37.8 Å². The van der Waals surface area contributed by atoms with Gasteiger partial charge in [-0.2, -0.15) is 0 Å². The fraction of sp³-hybridized carbons (Fsp3) is 1.00. The Morgan fingerprint density at radius 3 is 2.69 bits per heavy atom. The van der Waals surface area contributed by atoms with Crippen LogP contribution in [0.25, 0.3) is 0 Å². The normalized spacial score (nSPS) is 33.2. The predicted molar refractivity (Wildman–Crippen MR) is 50.6 cm³/mol. The molecule has 1 aliphatic carbocycles. The second-order valence-corrected chi connectivity index (χ2v) is 4.55. The van der Waals surface area contributed by atoms with Gasteiger partial charge in [-0.15, -0.1) is 0 Å². The third-order valence-corrected chi connectivity index (χ3v) is 3.27. The van der Waals surface area contributed by atoms with Crippen LogP contribution in [0.5, 0.6) is 0 Å². The monoisotopic (exact) mass is 185 g/mol. The van der Waals surface area contributed by atoms with Crippen molar-refractivity contribution in [1.82, 2.24) is 5.32 Å². The van der Waals surface area contributed by atoms with Crippen molar-refractivity contribution in [1.29, 1.82) is 0 Å². The molecule has 2 atom stereocenters. The molecule has 13 heavy (non-hydrogen) atoms. The van der Waals surface area contributed by atoms with Gasteiger partial charge in [-0.05, 0) is 32.1 Å². The zero-order valence-electron chi connectivity index (χ0n) is 8.25. The highest BCUT2D eigenvalue weighted by Gasteiger charge is 2.42. The number of hydrogen-bond donors (Lipinski definition) is 2. The minimum absolute atomic E-state index is 0.0572. The van der Waals surface area contributed by atoms with E-state index >= 15 is 0 Å². The summed E-state index contributed by atoms with van der Waals surface area (Å²) in [5, 5.41) is 12.9. The Bertz CT molecular complexity index is 176. The lowest BCUT2D eigenvalue weighted by molar-refractivity contribution is 0.131. The van der Waals surface area contributed by atoms with Crippen LogP contribution in [0.1, 0.15) is 26.2 Å². The largest absolute Gasteiger partial charge is 0.394 e. The summed E-state index contributed by atoms with van der Waals surface area (Å²) in [4.78, 5) is 0. The first-order valence-corrected chi connectivity index (χ1v) is 5.21. The van der Waals surface area contributed by atoms with Crippen molar-refractivity contribution >= 4 is 0 Å². The number of rotatable bonds is 4. The topological polar surface area (TPSA) is 41.5 Å². The molecule has 2 fully saturated rings. The summed E-state index contributed by atoms with van der Waals surface area (Å²) in [5.41, 5.74) is -0.0572. The van der Waals surface area contributed by atoms with Crippen LogP contribution >= 0.6 is 0 Å². The summed E-state index contributed by atoms with van der Waals surface area (Å²) in [7, 11) is 0. The Labute approximate surface area is 79.5 Å². The van der Waals surface area contributed by atoms with Gasteiger partial charge >= 0.3 is 0 Å². The number of nitrogens with one attached hydrogen (secondary N) is 1. The van der Waals surface area contributed by atoms with Gasteiger partial charge in [0.1, 0.15) is 0 Å². The molecule has 1 saturated heterocycles. The van der Waals surface area contributed by atoms with Gasteiger partial charge in [0.15, 0.2) is 0 Å². The van der Waals surface area contributed by atoms with Gasteiger partial charge in [0.25, 0.3) is 0 Å². The maximum absolute atomic E-state index is 9.35. The van der Waals surface area contributed by atoms with E-state index in [9.17, 15) is 5.11 Å². The number of hydrogen-bond acceptors (Lipinski definition) is 3. The first-order chi connectivity index (χ1) is 6.24. The maximum atomic E-state index is 9.35. The van der Waals surface area contributed by atoms with Crippen molar-refractivity contribution in [2.75, 3.05) is 19.8 Å². The van der Waals surface area contributed by atoms with E-state index in [4.69, 9.17) is 4.74 Å². The Kier molecular flexibility index (Phi) is 2.58. The maximum Gasteiger partial charge on any atom is 0.0620 e. The summed E-state index contributed by atoms with van der Waals surface area (Å²) < 4.78 is 5.30. The average molecular weight is 185 g/mol. The molecule has 0 radical (unpaired) electrons. The lowest BCUT2D eigenvalue weighted by Crippen LogP contribution is -2.52. The number of ether oxygens (including phenoxy) is 1. The van der Waals surface area contributed by atoms with Crippen molar-refractivity contribution < 1.29 is 9.84 Å². The van der Waals surface area contributed by atoms with Gasteiger partial charge in [0.05, 0.1) is 13.2 Å². The highest BCUT2D eigenvalue weighted by molar-refractivity contribution is 4.99. The van der Waals surface area contributed by atoms with Crippen LogP contribution in [-0.2, 0) is 4.74 Å². The molecule has 2 rings (SSSR count). The summed E-state index contributed by atoms with van der Waals surface area (Å²) in [6.45, 7) is 4.04. The minimum atomic E-state index is -0.0572. The fourth-order valence-electron chi connectivity index (χ4n) is 2.13.